The summed E-state index contributed by atoms with van der Waals surface area (Å²) in [5.41, 5.74) is 6.34. The van der Waals surface area contributed by atoms with Gasteiger partial charge in [-0.2, -0.15) is 0 Å². The number of nitrogens with two attached hydrogens (primary N) is 1. The van der Waals surface area contributed by atoms with Gasteiger partial charge < -0.3 is 10.2 Å². The molecule has 66 valence electrons. The van der Waals surface area contributed by atoms with Crippen molar-refractivity contribution in [3.63, 3.8) is 0 Å². The van der Waals surface area contributed by atoms with E-state index in [1.165, 1.54) is 0 Å². The van der Waals surface area contributed by atoms with Crippen molar-refractivity contribution in [2.75, 3.05) is 5.73 Å². The van der Waals surface area contributed by atoms with Crippen molar-refractivity contribution in [1.29, 1.82) is 0 Å². The molecule has 0 radical (unpaired) electrons. The Morgan fingerprint density at radius 3 is 2.62 bits per heavy atom. The number of hydrogen-bond acceptors (Lipinski definition) is 4. The number of aryl methyl sites for hydroxylation is 1. The lowest BCUT2D eigenvalue weighted by atomic mass is 10.2. The van der Waals surface area contributed by atoms with Crippen LogP contribution < -0.4 is 5.73 Å². The van der Waals surface area contributed by atoms with Crippen LogP contribution in [0.5, 0.6) is 0 Å². The molecule has 0 unspecified atom stereocenters. The number of pyridine rings is 1. The van der Waals surface area contributed by atoms with Crippen molar-refractivity contribution < 1.29 is 4.42 Å². The molecule has 0 saturated carbocycles. The van der Waals surface area contributed by atoms with Gasteiger partial charge in [0.2, 0.25) is 0 Å². The van der Waals surface area contributed by atoms with Crippen LogP contribution >= 0.6 is 0 Å². The van der Waals surface area contributed by atoms with E-state index in [0.717, 1.165) is 5.56 Å². The molecule has 0 spiro atoms. The summed E-state index contributed by atoms with van der Waals surface area (Å²) in [4.78, 5) is 7.94. The monoisotopic (exact) mass is 175 g/mol. The zero-order valence-electron chi connectivity index (χ0n) is 7.19. The van der Waals surface area contributed by atoms with E-state index in [9.17, 15) is 0 Å². The first-order valence-corrected chi connectivity index (χ1v) is 3.90. The molecule has 2 rings (SSSR count). The zero-order chi connectivity index (χ0) is 9.26. The Morgan fingerprint density at radius 2 is 2.08 bits per heavy atom. The molecule has 0 bridgehead atoms. The minimum atomic E-state index is 0.500. The minimum Gasteiger partial charge on any atom is -0.441 e. The van der Waals surface area contributed by atoms with Gasteiger partial charge in [0.05, 0.1) is 6.20 Å². The largest absolute Gasteiger partial charge is 0.441 e. The molecule has 0 aromatic carbocycles. The molecule has 0 aliphatic heterocycles. The van der Waals surface area contributed by atoms with Crippen molar-refractivity contribution in [2.24, 2.45) is 0 Å². The summed E-state index contributed by atoms with van der Waals surface area (Å²) in [6, 6.07) is 3.58. The third-order valence-electron chi connectivity index (χ3n) is 1.69. The van der Waals surface area contributed by atoms with Crippen molar-refractivity contribution in [3.05, 3.63) is 30.4 Å². The van der Waals surface area contributed by atoms with Gasteiger partial charge in [0, 0.05) is 18.7 Å². The van der Waals surface area contributed by atoms with Crippen molar-refractivity contribution >= 4 is 5.82 Å². The molecular weight excluding hydrogens is 166 g/mol. The fourth-order valence-corrected chi connectivity index (χ4v) is 1.05. The highest BCUT2D eigenvalue weighted by atomic mass is 16.4. The standard InChI is InChI=1S/C9H9N3O/c1-6-11-5-8(13-6)7-2-3-9(10)12-4-7/h2-5H,1H3,(H2,10,12). The Hall–Kier alpha value is -1.84. The van der Waals surface area contributed by atoms with Crippen LogP contribution in [-0.4, -0.2) is 9.97 Å². The van der Waals surface area contributed by atoms with Crippen LogP contribution in [0.15, 0.2) is 28.9 Å². The van der Waals surface area contributed by atoms with E-state index in [2.05, 4.69) is 9.97 Å². The van der Waals surface area contributed by atoms with E-state index in [0.29, 0.717) is 17.5 Å². The average molecular weight is 175 g/mol. The highest BCUT2D eigenvalue weighted by molar-refractivity contribution is 5.56. The molecule has 2 N–H and O–H groups in total. The molecule has 0 fully saturated rings. The molecule has 2 aromatic rings. The van der Waals surface area contributed by atoms with Crippen LogP contribution in [0.3, 0.4) is 0 Å². The SMILES string of the molecule is Cc1ncc(-c2ccc(N)nc2)o1. The molecule has 2 heterocycles. The number of hydrogen-bond donors (Lipinski definition) is 1. The summed E-state index contributed by atoms with van der Waals surface area (Å²) >= 11 is 0. The second kappa shape index (κ2) is 2.90. The second-order valence-electron chi connectivity index (χ2n) is 2.72. The number of nitrogen functional groups attached to an aromatic ring is 1. The summed E-state index contributed by atoms with van der Waals surface area (Å²) in [5.74, 6) is 1.86. The van der Waals surface area contributed by atoms with Crippen LogP contribution in [-0.2, 0) is 0 Å². The fraction of sp³-hybridized carbons (Fsp3) is 0.111. The Kier molecular flexibility index (Phi) is 1.73. The number of anilines is 1. The van der Waals surface area contributed by atoms with E-state index >= 15 is 0 Å². The molecule has 0 atom stereocenters. The first-order chi connectivity index (χ1) is 6.25. The normalized spacial score (nSPS) is 10.2. The highest BCUT2D eigenvalue weighted by Gasteiger charge is 2.02. The van der Waals surface area contributed by atoms with Crippen molar-refractivity contribution in [2.45, 2.75) is 6.92 Å². The van der Waals surface area contributed by atoms with Gasteiger partial charge in [-0.25, -0.2) is 9.97 Å². The summed E-state index contributed by atoms with van der Waals surface area (Å²) in [7, 11) is 0. The van der Waals surface area contributed by atoms with Crippen LogP contribution in [0.2, 0.25) is 0 Å². The smallest absolute Gasteiger partial charge is 0.191 e. The van der Waals surface area contributed by atoms with Gasteiger partial charge in [-0.1, -0.05) is 0 Å². The molecular formula is C9H9N3O. The quantitative estimate of drug-likeness (QED) is 0.715. The maximum atomic E-state index is 5.45. The predicted octanol–water partition coefficient (Wildman–Crippen LogP) is 1.63. The van der Waals surface area contributed by atoms with Crippen LogP contribution in [0, 0.1) is 6.92 Å². The molecule has 4 heteroatoms. The molecule has 4 nitrogen and oxygen atoms in total. The van der Waals surface area contributed by atoms with Crippen LogP contribution in [0.1, 0.15) is 5.89 Å². The number of aromatic nitrogens is 2. The maximum absolute atomic E-state index is 5.45. The lowest BCUT2D eigenvalue weighted by molar-refractivity contribution is 0.534. The van der Waals surface area contributed by atoms with Crippen molar-refractivity contribution in [1.82, 2.24) is 9.97 Å². The molecule has 0 saturated heterocycles. The van der Waals surface area contributed by atoms with Crippen LogP contribution in [0.25, 0.3) is 11.3 Å². The van der Waals surface area contributed by atoms with Gasteiger partial charge in [-0.3, -0.25) is 0 Å². The molecule has 13 heavy (non-hydrogen) atoms. The van der Waals surface area contributed by atoms with E-state index in [1.807, 2.05) is 6.07 Å². The maximum Gasteiger partial charge on any atom is 0.191 e. The third kappa shape index (κ3) is 1.51. The van der Waals surface area contributed by atoms with E-state index in [-0.39, 0.29) is 0 Å². The van der Waals surface area contributed by atoms with E-state index in [1.54, 1.807) is 25.4 Å². The Balaban J connectivity index is 2.41. The summed E-state index contributed by atoms with van der Waals surface area (Å²) in [5, 5.41) is 0. The van der Waals surface area contributed by atoms with Gasteiger partial charge in [0.25, 0.3) is 0 Å². The number of rotatable bonds is 1. The van der Waals surface area contributed by atoms with Gasteiger partial charge in [-0.05, 0) is 12.1 Å². The van der Waals surface area contributed by atoms with E-state index in [4.69, 9.17) is 10.2 Å². The molecule has 2 aromatic heterocycles. The summed E-state index contributed by atoms with van der Waals surface area (Å²) in [6.45, 7) is 1.80. The van der Waals surface area contributed by atoms with Gasteiger partial charge >= 0.3 is 0 Å². The van der Waals surface area contributed by atoms with Gasteiger partial charge in [0.1, 0.15) is 5.82 Å². The second-order valence-corrected chi connectivity index (χ2v) is 2.72. The first-order valence-electron chi connectivity index (χ1n) is 3.90. The Labute approximate surface area is 75.4 Å². The predicted molar refractivity (Wildman–Crippen MR) is 48.9 cm³/mol. The summed E-state index contributed by atoms with van der Waals surface area (Å²) < 4.78 is 5.32. The van der Waals surface area contributed by atoms with Crippen molar-refractivity contribution in [3.8, 4) is 11.3 Å². The lowest BCUT2D eigenvalue weighted by Gasteiger charge is -1.95. The lowest BCUT2D eigenvalue weighted by Crippen LogP contribution is -1.88. The van der Waals surface area contributed by atoms with Crippen LogP contribution in [0.4, 0.5) is 5.82 Å². The Morgan fingerprint density at radius 1 is 1.23 bits per heavy atom. The zero-order valence-corrected chi connectivity index (χ0v) is 7.19. The summed E-state index contributed by atoms with van der Waals surface area (Å²) in [6.07, 6.45) is 3.33. The number of nitrogens with zero attached hydrogens (tertiary/aromatic N) is 2. The number of oxazole rings is 1. The fourth-order valence-electron chi connectivity index (χ4n) is 1.05. The molecule has 0 aliphatic rings. The topological polar surface area (TPSA) is 64.9 Å². The first kappa shape index (κ1) is 7.79. The van der Waals surface area contributed by atoms with Gasteiger partial charge in [-0.15, -0.1) is 0 Å². The molecule has 0 aliphatic carbocycles. The van der Waals surface area contributed by atoms with Gasteiger partial charge in [0.15, 0.2) is 11.7 Å². The average Bonchev–Trinajstić information content (AvgIpc) is 2.53. The minimum absolute atomic E-state index is 0.500. The Bertz CT molecular complexity index is 405. The highest BCUT2D eigenvalue weighted by Crippen LogP contribution is 2.19. The third-order valence-corrected chi connectivity index (χ3v) is 1.69. The molecule has 0 amide bonds. The van der Waals surface area contributed by atoms with E-state index < -0.39 is 0 Å².